The number of aromatic nitrogens is 1. The van der Waals surface area contributed by atoms with Gasteiger partial charge in [0.05, 0.1) is 10.8 Å². The average Bonchev–Trinajstić information content (AvgIpc) is 3.17. The second-order valence-electron chi connectivity index (χ2n) is 7.59. The lowest BCUT2D eigenvalue weighted by Gasteiger charge is -2.14. The molecule has 0 saturated carbocycles. The number of aliphatic hydroxyl groups excluding tert-OH is 1. The molecule has 2 atom stereocenters. The number of halogens is 2. The summed E-state index contributed by atoms with van der Waals surface area (Å²) in [5.41, 5.74) is 2.43. The Hall–Kier alpha value is -1.26. The summed E-state index contributed by atoms with van der Waals surface area (Å²) in [7, 11) is 0. The zero-order chi connectivity index (χ0) is 22.1. The number of aliphatic hydroxyl groups is 1. The Morgan fingerprint density at radius 3 is 2.52 bits per heavy atom. The van der Waals surface area contributed by atoms with E-state index in [0.29, 0.717) is 28.2 Å². The summed E-state index contributed by atoms with van der Waals surface area (Å²) in [5.74, 6) is 2.63. The fraction of sp³-hybridized carbons (Fsp3) is 0.435. The van der Waals surface area contributed by atoms with Crippen LogP contribution in [0.3, 0.4) is 0 Å². The number of fused-ring (bicyclic) bond motifs is 1. The number of aromatic hydroxyl groups is 1. The topological polar surface area (TPSA) is 97.4 Å². The third-order valence-electron chi connectivity index (χ3n) is 5.17. The van der Waals surface area contributed by atoms with Crippen LogP contribution in [0.4, 0.5) is 0 Å². The largest absolute Gasteiger partial charge is 0.506 e. The van der Waals surface area contributed by atoms with Gasteiger partial charge in [0.1, 0.15) is 11.3 Å². The monoisotopic (exact) mass is 533 g/mol. The van der Waals surface area contributed by atoms with E-state index in [9.17, 15) is 15.0 Å². The first-order valence-corrected chi connectivity index (χ1v) is 12.6. The van der Waals surface area contributed by atoms with Crippen LogP contribution >= 0.6 is 47.9 Å². The average molecular weight is 535 g/mol. The molecular formula is C23H33Cl2N3O3S2. The van der Waals surface area contributed by atoms with Crippen LogP contribution in [0.2, 0.25) is 0 Å². The number of rotatable bonds is 13. The van der Waals surface area contributed by atoms with Crippen molar-refractivity contribution in [1.29, 1.82) is 0 Å². The van der Waals surface area contributed by atoms with Gasteiger partial charge in [-0.15, -0.1) is 24.8 Å². The summed E-state index contributed by atoms with van der Waals surface area (Å²) in [6, 6.07) is 13.8. The molecule has 2 aromatic carbocycles. The van der Waals surface area contributed by atoms with E-state index in [1.165, 1.54) is 11.6 Å². The molecule has 0 aliphatic rings. The Balaban J connectivity index is 0.00000272. The summed E-state index contributed by atoms with van der Waals surface area (Å²) >= 11 is 2.91. The van der Waals surface area contributed by atoms with E-state index in [-0.39, 0.29) is 35.4 Å². The molecule has 0 fully saturated rings. The lowest BCUT2D eigenvalue weighted by atomic mass is 10.0. The predicted octanol–water partition coefficient (Wildman–Crippen LogP) is 4.28. The SMILES string of the molecule is CC(CNCCCSCCNC[C@H](O)c1ccc(O)c2[nH]c(=O)sc12)c1ccccc1.Cl.Cl. The fourth-order valence-electron chi connectivity index (χ4n) is 3.41. The van der Waals surface area contributed by atoms with Gasteiger partial charge in [-0.3, -0.25) is 4.79 Å². The van der Waals surface area contributed by atoms with Gasteiger partial charge < -0.3 is 25.8 Å². The Bertz CT molecular complexity index is 1000. The Morgan fingerprint density at radius 1 is 1.03 bits per heavy atom. The number of aromatic amines is 1. The Morgan fingerprint density at radius 2 is 1.76 bits per heavy atom. The molecule has 0 bridgehead atoms. The normalized spacial score (nSPS) is 12.7. The quantitative estimate of drug-likeness (QED) is 0.210. The fourth-order valence-corrected chi connectivity index (χ4v) is 5.17. The van der Waals surface area contributed by atoms with Crippen molar-refractivity contribution in [2.24, 2.45) is 0 Å². The number of thiazole rings is 1. The molecule has 33 heavy (non-hydrogen) atoms. The van der Waals surface area contributed by atoms with E-state index < -0.39 is 6.10 Å². The highest BCUT2D eigenvalue weighted by Crippen LogP contribution is 2.31. The maximum atomic E-state index is 11.6. The number of hydrogen-bond donors (Lipinski definition) is 5. The molecule has 0 amide bonds. The molecule has 3 rings (SSSR count). The van der Waals surface area contributed by atoms with Gasteiger partial charge in [0.2, 0.25) is 0 Å². The molecule has 1 aromatic heterocycles. The highest BCUT2D eigenvalue weighted by molar-refractivity contribution is 7.99. The van der Waals surface area contributed by atoms with Gasteiger partial charge in [-0.2, -0.15) is 11.8 Å². The van der Waals surface area contributed by atoms with Gasteiger partial charge in [0.25, 0.3) is 0 Å². The smallest absolute Gasteiger partial charge is 0.305 e. The molecule has 0 aliphatic heterocycles. The first-order chi connectivity index (χ1) is 15.1. The number of H-pyrrole nitrogens is 1. The molecular weight excluding hydrogens is 501 g/mol. The van der Waals surface area contributed by atoms with Crippen molar-refractivity contribution in [1.82, 2.24) is 15.6 Å². The summed E-state index contributed by atoms with van der Waals surface area (Å²) in [6.07, 6.45) is 0.405. The summed E-state index contributed by atoms with van der Waals surface area (Å²) in [4.78, 5) is 14.0. The summed E-state index contributed by atoms with van der Waals surface area (Å²) in [5, 5.41) is 27.1. The minimum absolute atomic E-state index is 0. The first kappa shape index (κ1) is 29.8. The van der Waals surface area contributed by atoms with E-state index in [4.69, 9.17) is 0 Å². The lowest BCUT2D eigenvalue weighted by molar-refractivity contribution is 0.177. The van der Waals surface area contributed by atoms with Gasteiger partial charge in [-0.05, 0) is 36.3 Å². The number of nitrogens with one attached hydrogen (secondary N) is 3. The second-order valence-corrected chi connectivity index (χ2v) is 9.80. The number of thioether (sulfide) groups is 1. The second kappa shape index (κ2) is 15.6. The third kappa shape index (κ3) is 9.13. The predicted molar refractivity (Wildman–Crippen MR) is 146 cm³/mol. The van der Waals surface area contributed by atoms with E-state index in [1.54, 1.807) is 6.07 Å². The van der Waals surface area contributed by atoms with E-state index >= 15 is 0 Å². The van der Waals surface area contributed by atoms with E-state index in [0.717, 1.165) is 48.9 Å². The van der Waals surface area contributed by atoms with Gasteiger partial charge in [-0.25, -0.2) is 0 Å². The molecule has 0 aliphatic carbocycles. The number of phenols is 1. The first-order valence-electron chi connectivity index (χ1n) is 10.6. The van der Waals surface area contributed by atoms with E-state index in [2.05, 4.69) is 46.8 Å². The zero-order valence-electron chi connectivity index (χ0n) is 18.6. The molecule has 0 spiro atoms. The van der Waals surface area contributed by atoms with Crippen molar-refractivity contribution in [2.75, 3.05) is 37.7 Å². The standard InChI is InChI=1S/C23H31N3O3S2.2ClH/c1-16(17-6-3-2-4-7-17)14-24-10-5-12-30-13-11-25-15-20(28)18-8-9-19(27)21-22(18)31-23(29)26-21;;/h2-4,6-9,16,20,24-25,27-28H,5,10-15H2,1H3,(H,26,29);2*1H/t16?,20-;;/m0../s1. The zero-order valence-corrected chi connectivity index (χ0v) is 21.8. The van der Waals surface area contributed by atoms with E-state index in [1.807, 2.05) is 17.8 Å². The van der Waals surface area contributed by atoms with Crippen LogP contribution in [0.1, 0.15) is 36.5 Å². The van der Waals surface area contributed by atoms with Crippen molar-refractivity contribution in [3.05, 3.63) is 63.3 Å². The van der Waals surface area contributed by atoms with Crippen molar-refractivity contribution in [3.63, 3.8) is 0 Å². The van der Waals surface area contributed by atoms with Gasteiger partial charge in [-0.1, -0.05) is 54.7 Å². The van der Waals surface area contributed by atoms with Crippen LogP contribution in [-0.4, -0.2) is 52.9 Å². The van der Waals surface area contributed by atoms with Crippen molar-refractivity contribution >= 4 is 58.1 Å². The summed E-state index contributed by atoms with van der Waals surface area (Å²) < 4.78 is 0.614. The number of hydrogen-bond acceptors (Lipinski definition) is 7. The van der Waals surface area contributed by atoms with Crippen molar-refractivity contribution in [3.8, 4) is 5.75 Å². The Labute approximate surface area is 215 Å². The minimum Gasteiger partial charge on any atom is -0.506 e. The molecule has 0 saturated heterocycles. The lowest BCUT2D eigenvalue weighted by Crippen LogP contribution is -2.24. The van der Waals surface area contributed by atoms with Crippen LogP contribution in [0, 0.1) is 0 Å². The molecule has 0 radical (unpaired) electrons. The van der Waals surface area contributed by atoms with Crippen LogP contribution in [0.5, 0.6) is 5.75 Å². The van der Waals surface area contributed by atoms with Crippen LogP contribution in [-0.2, 0) is 0 Å². The van der Waals surface area contributed by atoms with Crippen LogP contribution < -0.4 is 15.5 Å². The molecule has 10 heteroatoms. The molecule has 3 aromatic rings. The molecule has 6 nitrogen and oxygen atoms in total. The van der Waals surface area contributed by atoms with Crippen LogP contribution in [0.25, 0.3) is 10.2 Å². The Kier molecular flexibility index (Phi) is 14.1. The highest BCUT2D eigenvalue weighted by Gasteiger charge is 2.15. The van der Waals surface area contributed by atoms with Crippen molar-refractivity contribution in [2.45, 2.75) is 25.4 Å². The highest BCUT2D eigenvalue weighted by atomic mass is 35.5. The molecule has 1 unspecified atom stereocenters. The summed E-state index contributed by atoms with van der Waals surface area (Å²) in [6.45, 7) is 5.48. The van der Waals surface area contributed by atoms with Gasteiger partial charge in [0, 0.05) is 31.0 Å². The van der Waals surface area contributed by atoms with Crippen molar-refractivity contribution < 1.29 is 10.2 Å². The number of phenolic OH excluding ortho intramolecular Hbond substituents is 1. The maximum absolute atomic E-state index is 11.6. The maximum Gasteiger partial charge on any atom is 0.305 e. The minimum atomic E-state index is -0.727. The van der Waals surface area contributed by atoms with Gasteiger partial charge in [0.15, 0.2) is 0 Å². The number of benzene rings is 2. The molecule has 1 heterocycles. The van der Waals surface area contributed by atoms with Crippen LogP contribution in [0.15, 0.2) is 47.3 Å². The third-order valence-corrected chi connectivity index (χ3v) is 7.17. The van der Waals surface area contributed by atoms with Gasteiger partial charge >= 0.3 is 4.87 Å². The molecule has 184 valence electrons. The molecule has 5 N–H and O–H groups in total.